The highest BCUT2D eigenvalue weighted by atomic mass is 35.5. The molecule has 138 valence electrons. The van der Waals surface area contributed by atoms with Crippen LogP contribution in [0.2, 0.25) is 10.0 Å². The number of alkyl halides is 3. The summed E-state index contributed by atoms with van der Waals surface area (Å²) >= 11 is 12.0. The molecule has 1 heterocycles. The lowest BCUT2D eigenvalue weighted by Crippen LogP contribution is -2.09. The van der Waals surface area contributed by atoms with E-state index in [9.17, 15) is 13.2 Å². The zero-order valence-electron chi connectivity index (χ0n) is 13.8. The van der Waals surface area contributed by atoms with Gasteiger partial charge in [-0.05, 0) is 35.9 Å². The molecule has 0 bridgehead atoms. The van der Waals surface area contributed by atoms with Gasteiger partial charge in [-0.2, -0.15) is 13.2 Å². The minimum Gasteiger partial charge on any atom is -0.383 e. The molecule has 1 aromatic heterocycles. The highest BCUT2D eigenvalue weighted by Crippen LogP contribution is 2.32. The van der Waals surface area contributed by atoms with Crippen LogP contribution in [0.15, 0.2) is 36.4 Å². The van der Waals surface area contributed by atoms with Gasteiger partial charge in [0.15, 0.2) is 0 Å². The zero-order chi connectivity index (χ0) is 18.9. The Hall–Kier alpha value is -1.76. The number of methoxy groups -OCH3 is 1. The van der Waals surface area contributed by atoms with E-state index >= 15 is 0 Å². The number of rotatable bonds is 5. The number of aromatic nitrogens is 2. The van der Waals surface area contributed by atoms with Gasteiger partial charge in [0.2, 0.25) is 0 Å². The molecule has 0 saturated carbocycles. The maximum atomic E-state index is 13.0. The second kappa shape index (κ2) is 7.47. The fourth-order valence-corrected chi connectivity index (χ4v) is 3.08. The van der Waals surface area contributed by atoms with Crippen molar-refractivity contribution in [2.75, 3.05) is 13.7 Å². The summed E-state index contributed by atoms with van der Waals surface area (Å²) in [6.45, 7) is 0.899. The van der Waals surface area contributed by atoms with E-state index in [2.05, 4.69) is 4.98 Å². The molecule has 8 heteroatoms. The smallest absolute Gasteiger partial charge is 0.383 e. The molecule has 0 N–H and O–H groups in total. The van der Waals surface area contributed by atoms with Crippen LogP contribution in [0, 0.1) is 0 Å². The van der Waals surface area contributed by atoms with E-state index in [1.807, 2.05) is 10.6 Å². The van der Waals surface area contributed by atoms with Crippen molar-refractivity contribution in [3.63, 3.8) is 0 Å². The van der Waals surface area contributed by atoms with Gasteiger partial charge in [0.05, 0.1) is 33.2 Å². The first-order valence-corrected chi connectivity index (χ1v) is 8.54. The van der Waals surface area contributed by atoms with Gasteiger partial charge in [-0.1, -0.05) is 29.3 Å². The predicted octanol–water partition coefficient (Wildman–Crippen LogP) is 5.60. The molecule has 0 atom stereocenters. The van der Waals surface area contributed by atoms with Crippen LogP contribution in [0.3, 0.4) is 0 Å². The molecule has 0 aliphatic heterocycles. The second-order valence-corrected chi connectivity index (χ2v) is 6.61. The normalized spacial score (nSPS) is 12.1. The third-order valence-corrected chi connectivity index (χ3v) is 4.76. The lowest BCUT2D eigenvalue weighted by Gasteiger charge is -2.10. The molecule has 26 heavy (non-hydrogen) atoms. The number of nitrogens with zero attached hydrogens (tertiary/aromatic N) is 2. The summed E-state index contributed by atoms with van der Waals surface area (Å²) in [5, 5.41) is 0.862. The van der Waals surface area contributed by atoms with Crippen LogP contribution in [0.1, 0.15) is 17.0 Å². The third kappa shape index (κ3) is 3.98. The Morgan fingerprint density at radius 3 is 2.50 bits per heavy atom. The summed E-state index contributed by atoms with van der Waals surface area (Å²) < 4.78 is 45.9. The maximum Gasteiger partial charge on any atom is 0.416 e. The Balaban J connectivity index is 2.05. The van der Waals surface area contributed by atoms with E-state index in [-0.39, 0.29) is 0 Å². The van der Waals surface area contributed by atoms with E-state index in [0.717, 1.165) is 17.7 Å². The van der Waals surface area contributed by atoms with Gasteiger partial charge in [-0.15, -0.1) is 0 Å². The van der Waals surface area contributed by atoms with E-state index < -0.39 is 11.7 Å². The van der Waals surface area contributed by atoms with Crippen molar-refractivity contribution in [3.05, 3.63) is 63.4 Å². The van der Waals surface area contributed by atoms with Crippen LogP contribution in [0.4, 0.5) is 13.2 Å². The van der Waals surface area contributed by atoms with Crippen LogP contribution in [0.25, 0.3) is 11.0 Å². The number of ether oxygens (including phenoxy) is 1. The predicted molar refractivity (Wildman–Crippen MR) is 95.9 cm³/mol. The van der Waals surface area contributed by atoms with Gasteiger partial charge in [-0.3, -0.25) is 0 Å². The van der Waals surface area contributed by atoms with Crippen molar-refractivity contribution >= 4 is 34.2 Å². The standard InChI is InChI=1S/C18H15Cl2F3N2O/c1-26-7-6-25-16-5-3-12(18(21,22)23)10-15(16)24-17(25)9-11-2-4-13(19)14(20)8-11/h2-5,8,10H,6-7,9H2,1H3. The quantitative estimate of drug-likeness (QED) is 0.555. The van der Waals surface area contributed by atoms with Gasteiger partial charge in [0, 0.05) is 20.1 Å². The molecule has 3 aromatic rings. The van der Waals surface area contributed by atoms with Crippen molar-refractivity contribution in [1.82, 2.24) is 9.55 Å². The van der Waals surface area contributed by atoms with Crippen molar-refractivity contribution < 1.29 is 17.9 Å². The minimum absolute atomic E-state index is 0.297. The minimum atomic E-state index is -4.41. The van der Waals surface area contributed by atoms with Gasteiger partial charge in [0.25, 0.3) is 0 Å². The maximum absolute atomic E-state index is 13.0. The fraction of sp³-hybridized carbons (Fsp3) is 0.278. The van der Waals surface area contributed by atoms with Crippen LogP contribution in [-0.4, -0.2) is 23.3 Å². The lowest BCUT2D eigenvalue weighted by atomic mass is 10.1. The van der Waals surface area contributed by atoms with E-state index in [1.54, 1.807) is 19.2 Å². The molecular weight excluding hydrogens is 388 g/mol. The highest BCUT2D eigenvalue weighted by Gasteiger charge is 2.31. The molecule has 0 amide bonds. The van der Waals surface area contributed by atoms with Crippen molar-refractivity contribution in [3.8, 4) is 0 Å². The topological polar surface area (TPSA) is 27.1 Å². The second-order valence-electron chi connectivity index (χ2n) is 5.80. The van der Waals surface area contributed by atoms with E-state index in [0.29, 0.717) is 46.5 Å². The SMILES string of the molecule is COCCn1c(Cc2ccc(Cl)c(Cl)c2)nc2cc(C(F)(F)F)ccc21. The van der Waals surface area contributed by atoms with Crippen molar-refractivity contribution in [2.45, 2.75) is 19.1 Å². The Bertz CT molecular complexity index is 938. The number of benzene rings is 2. The summed E-state index contributed by atoms with van der Waals surface area (Å²) in [5.41, 5.74) is 1.07. The van der Waals surface area contributed by atoms with Crippen LogP contribution < -0.4 is 0 Å². The average Bonchev–Trinajstić information content (AvgIpc) is 2.92. The molecule has 0 spiro atoms. The van der Waals surface area contributed by atoms with Gasteiger partial charge in [-0.25, -0.2) is 4.98 Å². The number of hydrogen-bond acceptors (Lipinski definition) is 2. The van der Waals surface area contributed by atoms with E-state index in [1.165, 1.54) is 6.07 Å². The molecule has 0 aliphatic rings. The molecule has 0 fully saturated rings. The molecule has 0 radical (unpaired) electrons. The Morgan fingerprint density at radius 2 is 1.85 bits per heavy atom. The largest absolute Gasteiger partial charge is 0.416 e. The average molecular weight is 403 g/mol. The van der Waals surface area contributed by atoms with Crippen molar-refractivity contribution in [1.29, 1.82) is 0 Å². The number of halogens is 5. The molecule has 0 saturated heterocycles. The number of imidazole rings is 1. The molecule has 2 aromatic carbocycles. The molecule has 3 nitrogen and oxygen atoms in total. The third-order valence-electron chi connectivity index (χ3n) is 4.02. The summed E-state index contributed by atoms with van der Waals surface area (Å²) in [6.07, 6.45) is -4.00. The lowest BCUT2D eigenvalue weighted by molar-refractivity contribution is -0.137. The summed E-state index contributed by atoms with van der Waals surface area (Å²) in [4.78, 5) is 4.42. The van der Waals surface area contributed by atoms with Gasteiger partial charge < -0.3 is 9.30 Å². The fourth-order valence-electron chi connectivity index (χ4n) is 2.76. The molecule has 3 rings (SSSR count). The number of hydrogen-bond donors (Lipinski definition) is 0. The first-order valence-electron chi connectivity index (χ1n) is 7.79. The molecule has 0 aliphatic carbocycles. The van der Waals surface area contributed by atoms with Gasteiger partial charge in [0.1, 0.15) is 5.82 Å². The van der Waals surface area contributed by atoms with E-state index in [4.69, 9.17) is 27.9 Å². The molecule has 0 unspecified atom stereocenters. The molecular formula is C18H15Cl2F3N2O. The number of fused-ring (bicyclic) bond motifs is 1. The van der Waals surface area contributed by atoms with Crippen LogP contribution in [-0.2, 0) is 23.9 Å². The monoisotopic (exact) mass is 402 g/mol. The van der Waals surface area contributed by atoms with Gasteiger partial charge >= 0.3 is 6.18 Å². The Morgan fingerprint density at radius 1 is 1.08 bits per heavy atom. The Labute approximate surface area is 158 Å². The first-order chi connectivity index (χ1) is 12.3. The van der Waals surface area contributed by atoms with Crippen LogP contribution >= 0.6 is 23.2 Å². The first kappa shape index (κ1) is 19.0. The highest BCUT2D eigenvalue weighted by molar-refractivity contribution is 6.42. The summed E-state index contributed by atoms with van der Waals surface area (Å²) in [7, 11) is 1.57. The summed E-state index contributed by atoms with van der Waals surface area (Å²) in [6, 6.07) is 8.80. The zero-order valence-corrected chi connectivity index (χ0v) is 15.3. The summed E-state index contributed by atoms with van der Waals surface area (Å²) in [5.74, 6) is 0.634. The Kier molecular flexibility index (Phi) is 5.46. The van der Waals surface area contributed by atoms with Crippen LogP contribution in [0.5, 0.6) is 0 Å². The van der Waals surface area contributed by atoms with Crippen molar-refractivity contribution in [2.24, 2.45) is 0 Å².